The molecule has 8 heteroatoms. The van der Waals surface area contributed by atoms with Gasteiger partial charge in [0.15, 0.2) is 0 Å². The molecule has 2 heterocycles. The molecule has 0 aliphatic carbocycles. The van der Waals surface area contributed by atoms with Gasteiger partial charge in [0.25, 0.3) is 0 Å². The molecule has 1 saturated heterocycles. The van der Waals surface area contributed by atoms with Gasteiger partial charge >= 0.3 is 5.63 Å². The fourth-order valence-electron chi connectivity index (χ4n) is 4.03. The Labute approximate surface area is 188 Å². The minimum Gasteiger partial charge on any atom is -0.492 e. The van der Waals surface area contributed by atoms with Crippen molar-refractivity contribution in [1.29, 1.82) is 0 Å². The SMILES string of the molecule is CCOc1ccc(NCc2cc(=O)oc3c(C)c(C)ccc23)cc1S(=O)(=O)N1CCCC1. The third kappa shape index (κ3) is 4.25. The van der Waals surface area contributed by atoms with Crippen LogP contribution in [-0.4, -0.2) is 32.4 Å². The lowest BCUT2D eigenvalue weighted by molar-refractivity contribution is 0.329. The molecule has 1 aliphatic heterocycles. The maximum atomic E-state index is 13.2. The third-order valence-electron chi connectivity index (χ3n) is 5.93. The quantitative estimate of drug-likeness (QED) is 0.536. The molecule has 32 heavy (non-hydrogen) atoms. The lowest BCUT2D eigenvalue weighted by atomic mass is 10.0. The minimum absolute atomic E-state index is 0.162. The van der Waals surface area contributed by atoms with Crippen molar-refractivity contribution in [1.82, 2.24) is 4.31 Å². The van der Waals surface area contributed by atoms with Gasteiger partial charge in [0.05, 0.1) is 6.61 Å². The summed E-state index contributed by atoms with van der Waals surface area (Å²) in [6, 6.07) is 10.5. The van der Waals surface area contributed by atoms with E-state index in [-0.39, 0.29) is 4.90 Å². The van der Waals surface area contributed by atoms with Gasteiger partial charge in [-0.15, -0.1) is 0 Å². The molecule has 1 fully saturated rings. The van der Waals surface area contributed by atoms with E-state index in [9.17, 15) is 13.2 Å². The highest BCUT2D eigenvalue weighted by atomic mass is 32.2. The van der Waals surface area contributed by atoms with E-state index >= 15 is 0 Å². The topological polar surface area (TPSA) is 88.8 Å². The highest BCUT2D eigenvalue weighted by Gasteiger charge is 2.30. The number of hydrogen-bond acceptors (Lipinski definition) is 6. The van der Waals surface area contributed by atoms with Gasteiger partial charge < -0.3 is 14.5 Å². The highest BCUT2D eigenvalue weighted by molar-refractivity contribution is 7.89. The zero-order valence-electron chi connectivity index (χ0n) is 18.6. The Morgan fingerprint density at radius 1 is 1.09 bits per heavy atom. The molecule has 1 N–H and O–H groups in total. The standard InChI is InChI=1S/C24H28N2O5S/c1-4-30-21-10-8-19(14-22(21)32(28,29)26-11-5-6-12-26)25-15-18-13-23(27)31-24-17(3)16(2)7-9-20(18)24/h7-10,13-14,25H,4-6,11-12,15H2,1-3H3. The third-order valence-corrected chi connectivity index (χ3v) is 7.85. The van der Waals surface area contributed by atoms with E-state index in [2.05, 4.69) is 5.32 Å². The smallest absolute Gasteiger partial charge is 0.336 e. The van der Waals surface area contributed by atoms with Gasteiger partial charge in [0, 0.05) is 36.8 Å². The number of sulfonamides is 1. The van der Waals surface area contributed by atoms with E-state index in [4.69, 9.17) is 9.15 Å². The summed E-state index contributed by atoms with van der Waals surface area (Å²) in [6.45, 7) is 7.50. The van der Waals surface area contributed by atoms with Gasteiger partial charge in [0.2, 0.25) is 10.0 Å². The Morgan fingerprint density at radius 3 is 2.56 bits per heavy atom. The first-order chi connectivity index (χ1) is 15.3. The van der Waals surface area contributed by atoms with Crippen LogP contribution >= 0.6 is 0 Å². The van der Waals surface area contributed by atoms with Crippen LogP contribution in [-0.2, 0) is 16.6 Å². The van der Waals surface area contributed by atoms with Crippen molar-refractivity contribution < 1.29 is 17.6 Å². The van der Waals surface area contributed by atoms with Crippen LogP contribution in [0.4, 0.5) is 5.69 Å². The first-order valence-corrected chi connectivity index (χ1v) is 12.3. The van der Waals surface area contributed by atoms with Gasteiger partial charge in [-0.05, 0) is 68.5 Å². The summed E-state index contributed by atoms with van der Waals surface area (Å²) in [5.41, 5.74) is 3.58. The number of hydrogen-bond donors (Lipinski definition) is 1. The molecule has 0 saturated carbocycles. The molecule has 0 amide bonds. The van der Waals surface area contributed by atoms with Crippen molar-refractivity contribution in [3.05, 3.63) is 63.5 Å². The zero-order valence-corrected chi connectivity index (χ0v) is 19.4. The van der Waals surface area contributed by atoms with Crippen LogP contribution in [0, 0.1) is 13.8 Å². The number of aryl methyl sites for hydroxylation is 2. The molecule has 1 aromatic heterocycles. The van der Waals surface area contributed by atoms with Crippen molar-refractivity contribution in [3.63, 3.8) is 0 Å². The van der Waals surface area contributed by atoms with E-state index in [1.807, 2.05) is 32.9 Å². The summed E-state index contributed by atoms with van der Waals surface area (Å²) < 4.78 is 39.0. The number of nitrogens with one attached hydrogen (secondary N) is 1. The summed E-state index contributed by atoms with van der Waals surface area (Å²) in [5, 5.41) is 4.13. The van der Waals surface area contributed by atoms with Crippen molar-refractivity contribution in [2.24, 2.45) is 0 Å². The number of benzene rings is 2. The lowest BCUT2D eigenvalue weighted by Crippen LogP contribution is -2.28. The van der Waals surface area contributed by atoms with Crippen molar-refractivity contribution in [3.8, 4) is 5.75 Å². The Balaban J connectivity index is 1.67. The van der Waals surface area contributed by atoms with Gasteiger partial charge in [-0.3, -0.25) is 0 Å². The summed E-state index contributed by atoms with van der Waals surface area (Å²) >= 11 is 0. The number of ether oxygens (including phenoxy) is 1. The molecule has 1 aliphatic rings. The molecular weight excluding hydrogens is 428 g/mol. The molecule has 3 aromatic rings. The van der Waals surface area contributed by atoms with Gasteiger partial charge in [-0.1, -0.05) is 12.1 Å². The van der Waals surface area contributed by atoms with Gasteiger partial charge in [0.1, 0.15) is 16.2 Å². The second-order valence-corrected chi connectivity index (χ2v) is 9.94. The Kier molecular flexibility index (Phi) is 6.26. The monoisotopic (exact) mass is 456 g/mol. The van der Waals surface area contributed by atoms with Crippen LogP contribution in [0.2, 0.25) is 0 Å². The largest absolute Gasteiger partial charge is 0.492 e. The maximum Gasteiger partial charge on any atom is 0.336 e. The molecule has 2 aromatic carbocycles. The first kappa shape index (κ1) is 22.4. The predicted molar refractivity (Wildman–Crippen MR) is 125 cm³/mol. The molecule has 0 bridgehead atoms. The molecule has 0 atom stereocenters. The van der Waals surface area contributed by atoms with Crippen LogP contribution in [0.15, 0.2) is 50.5 Å². The molecule has 170 valence electrons. The number of rotatable bonds is 7. The molecule has 4 rings (SSSR count). The van der Waals surface area contributed by atoms with Gasteiger partial charge in [-0.2, -0.15) is 4.31 Å². The number of fused-ring (bicyclic) bond motifs is 1. The van der Waals surface area contributed by atoms with Crippen molar-refractivity contribution in [2.75, 3.05) is 25.0 Å². The maximum absolute atomic E-state index is 13.2. The summed E-state index contributed by atoms with van der Waals surface area (Å²) in [5.74, 6) is 0.349. The van der Waals surface area contributed by atoms with Crippen LogP contribution in [0.3, 0.4) is 0 Å². The average Bonchev–Trinajstić information content (AvgIpc) is 3.32. The minimum atomic E-state index is -3.65. The lowest BCUT2D eigenvalue weighted by Gasteiger charge is -2.19. The fourth-order valence-corrected chi connectivity index (χ4v) is 5.70. The molecular formula is C24H28N2O5S. The van der Waals surface area contributed by atoms with Gasteiger partial charge in [-0.25, -0.2) is 13.2 Å². The molecule has 0 radical (unpaired) electrons. The van der Waals surface area contributed by atoms with Crippen molar-refractivity contribution in [2.45, 2.75) is 45.1 Å². The fraction of sp³-hybridized carbons (Fsp3) is 0.375. The normalized spacial score (nSPS) is 14.7. The van der Waals surface area contributed by atoms with Crippen molar-refractivity contribution >= 4 is 26.7 Å². The summed E-state index contributed by atoms with van der Waals surface area (Å²) in [6.07, 6.45) is 1.73. The summed E-state index contributed by atoms with van der Waals surface area (Å²) in [7, 11) is -3.65. The van der Waals surface area contributed by atoms with E-state index in [1.165, 1.54) is 10.4 Å². The van der Waals surface area contributed by atoms with Crippen LogP contribution in [0.5, 0.6) is 5.75 Å². The van der Waals surface area contributed by atoms with Crippen LogP contribution in [0.25, 0.3) is 11.0 Å². The summed E-state index contributed by atoms with van der Waals surface area (Å²) in [4.78, 5) is 12.3. The highest BCUT2D eigenvalue weighted by Crippen LogP contribution is 2.32. The molecule has 7 nitrogen and oxygen atoms in total. The molecule has 0 spiro atoms. The predicted octanol–water partition coefficient (Wildman–Crippen LogP) is 4.21. The average molecular weight is 457 g/mol. The second kappa shape index (κ2) is 8.96. The Hall–Kier alpha value is -2.84. The van der Waals surface area contributed by atoms with E-state index in [0.717, 1.165) is 34.9 Å². The van der Waals surface area contributed by atoms with Crippen LogP contribution in [0.1, 0.15) is 36.5 Å². The number of nitrogens with zero attached hydrogens (tertiary/aromatic N) is 1. The Morgan fingerprint density at radius 2 is 1.84 bits per heavy atom. The Bertz CT molecular complexity index is 1310. The first-order valence-electron chi connectivity index (χ1n) is 10.8. The van der Waals surface area contributed by atoms with E-state index in [0.29, 0.717) is 43.3 Å². The molecule has 0 unspecified atom stereocenters. The van der Waals surface area contributed by atoms with Crippen LogP contribution < -0.4 is 15.7 Å². The zero-order chi connectivity index (χ0) is 22.9. The second-order valence-electron chi connectivity index (χ2n) is 8.03. The van der Waals surface area contributed by atoms with E-state index in [1.54, 1.807) is 18.2 Å². The number of anilines is 1. The van der Waals surface area contributed by atoms with E-state index < -0.39 is 15.6 Å².